The molecular formula is C8H16N2. The molecular weight excluding hydrogens is 124 g/mol. The lowest BCUT2D eigenvalue weighted by molar-refractivity contribution is 0.0749. The van der Waals surface area contributed by atoms with Crippen molar-refractivity contribution in [1.82, 2.24) is 0 Å². The molecule has 3 atom stereocenters. The maximum atomic E-state index is 5.74. The summed E-state index contributed by atoms with van der Waals surface area (Å²) in [5.41, 5.74) is 12.3. The van der Waals surface area contributed by atoms with Crippen molar-refractivity contribution in [2.24, 2.45) is 22.8 Å². The Morgan fingerprint density at radius 3 is 2.30 bits per heavy atom. The highest BCUT2D eigenvalue weighted by Gasteiger charge is 2.46. The summed E-state index contributed by atoms with van der Waals surface area (Å²) in [5, 5.41) is 0. The molecule has 2 heteroatoms. The molecule has 4 N–H and O–H groups in total. The van der Waals surface area contributed by atoms with Crippen molar-refractivity contribution in [3.63, 3.8) is 0 Å². The summed E-state index contributed by atoms with van der Waals surface area (Å²) in [5.74, 6) is 0.491. The molecule has 1 fully saturated rings. The summed E-state index contributed by atoms with van der Waals surface area (Å²) in [6, 6.07) is 0.324. The average molecular weight is 140 g/mol. The third-order valence-electron chi connectivity index (χ3n) is 3.04. The minimum Gasteiger partial charge on any atom is -0.402 e. The van der Waals surface area contributed by atoms with E-state index in [-0.39, 0.29) is 5.41 Å². The maximum absolute atomic E-state index is 5.74. The lowest BCUT2D eigenvalue weighted by Gasteiger charge is -2.50. The Hall–Kier alpha value is -0.500. The molecule has 1 saturated carbocycles. The van der Waals surface area contributed by atoms with Crippen molar-refractivity contribution in [2.75, 3.05) is 0 Å². The minimum absolute atomic E-state index is 0.111. The van der Waals surface area contributed by atoms with Gasteiger partial charge < -0.3 is 11.5 Å². The van der Waals surface area contributed by atoms with Crippen LogP contribution in [0.5, 0.6) is 0 Å². The van der Waals surface area contributed by atoms with E-state index in [2.05, 4.69) is 20.4 Å². The molecule has 0 aromatic rings. The van der Waals surface area contributed by atoms with E-state index in [1.165, 1.54) is 0 Å². The number of hydrogen-bond donors (Lipinski definition) is 2. The van der Waals surface area contributed by atoms with Gasteiger partial charge in [0.15, 0.2) is 0 Å². The molecule has 10 heavy (non-hydrogen) atoms. The van der Waals surface area contributed by atoms with Gasteiger partial charge in [0.05, 0.1) is 0 Å². The van der Waals surface area contributed by atoms with E-state index in [1.54, 1.807) is 0 Å². The maximum Gasteiger partial charge on any atom is 0.0119 e. The van der Waals surface area contributed by atoms with Crippen molar-refractivity contribution in [3.8, 4) is 0 Å². The van der Waals surface area contributed by atoms with E-state index in [4.69, 9.17) is 11.5 Å². The Morgan fingerprint density at radius 1 is 1.70 bits per heavy atom. The molecule has 0 saturated heterocycles. The van der Waals surface area contributed by atoms with E-state index in [9.17, 15) is 0 Å². The van der Waals surface area contributed by atoms with Crippen LogP contribution in [0.1, 0.15) is 20.3 Å². The van der Waals surface area contributed by atoms with Gasteiger partial charge in [-0.15, -0.1) is 0 Å². The zero-order chi connectivity index (χ0) is 7.94. The quantitative estimate of drug-likeness (QED) is 0.567. The molecule has 0 aliphatic heterocycles. The van der Waals surface area contributed by atoms with Crippen LogP contribution in [0.25, 0.3) is 0 Å². The van der Waals surface area contributed by atoms with E-state index in [0.717, 1.165) is 12.1 Å². The molecule has 1 rings (SSSR count). The van der Waals surface area contributed by atoms with Gasteiger partial charge in [-0.3, -0.25) is 0 Å². The SMILES string of the molecule is C=C(N)[C@@]1(C)CC(N)[C@@H]1C. The van der Waals surface area contributed by atoms with Crippen LogP contribution in [0.2, 0.25) is 0 Å². The molecule has 1 aliphatic rings. The fourth-order valence-electron chi connectivity index (χ4n) is 1.59. The predicted molar refractivity (Wildman–Crippen MR) is 43.2 cm³/mol. The topological polar surface area (TPSA) is 52.0 Å². The van der Waals surface area contributed by atoms with Crippen molar-refractivity contribution < 1.29 is 0 Å². The average Bonchev–Trinajstić information content (AvgIpc) is 1.87. The molecule has 1 unspecified atom stereocenters. The zero-order valence-corrected chi connectivity index (χ0v) is 6.72. The van der Waals surface area contributed by atoms with Crippen LogP contribution in [0, 0.1) is 11.3 Å². The van der Waals surface area contributed by atoms with Gasteiger partial charge in [0.2, 0.25) is 0 Å². The van der Waals surface area contributed by atoms with Crippen LogP contribution in [-0.2, 0) is 0 Å². The van der Waals surface area contributed by atoms with Gasteiger partial charge in [-0.2, -0.15) is 0 Å². The first-order valence-corrected chi connectivity index (χ1v) is 3.69. The second-order valence-electron chi connectivity index (χ2n) is 3.60. The third-order valence-corrected chi connectivity index (χ3v) is 3.04. The van der Waals surface area contributed by atoms with E-state index < -0.39 is 0 Å². The molecule has 2 nitrogen and oxygen atoms in total. The first-order valence-electron chi connectivity index (χ1n) is 3.69. The summed E-state index contributed by atoms with van der Waals surface area (Å²) < 4.78 is 0. The summed E-state index contributed by atoms with van der Waals surface area (Å²) >= 11 is 0. The summed E-state index contributed by atoms with van der Waals surface area (Å²) in [6.07, 6.45) is 0.990. The fourth-order valence-corrected chi connectivity index (χ4v) is 1.59. The molecule has 58 valence electrons. The third kappa shape index (κ3) is 0.754. The summed E-state index contributed by atoms with van der Waals surface area (Å²) in [6.45, 7) is 8.02. The van der Waals surface area contributed by atoms with Crippen LogP contribution < -0.4 is 11.5 Å². The molecule has 0 aromatic heterocycles. The van der Waals surface area contributed by atoms with E-state index in [1.807, 2.05) is 0 Å². The van der Waals surface area contributed by atoms with Crippen LogP contribution in [-0.4, -0.2) is 6.04 Å². The zero-order valence-electron chi connectivity index (χ0n) is 6.72. The Kier molecular flexibility index (Phi) is 1.51. The van der Waals surface area contributed by atoms with Gasteiger partial charge in [0, 0.05) is 17.2 Å². The molecule has 1 aliphatic carbocycles. The van der Waals surface area contributed by atoms with Gasteiger partial charge in [-0.25, -0.2) is 0 Å². The van der Waals surface area contributed by atoms with Crippen molar-refractivity contribution in [1.29, 1.82) is 0 Å². The number of nitrogens with two attached hydrogens (primary N) is 2. The standard InChI is InChI=1S/C8H16N2/c1-5-7(10)4-8(5,3)6(2)9/h5,7H,2,4,9-10H2,1,3H3/t5-,7?,8-/m0/s1. The molecule has 0 spiro atoms. The molecule has 0 amide bonds. The van der Waals surface area contributed by atoms with Gasteiger partial charge in [-0.1, -0.05) is 20.4 Å². The van der Waals surface area contributed by atoms with Crippen LogP contribution >= 0.6 is 0 Å². The number of hydrogen-bond acceptors (Lipinski definition) is 2. The highest BCUT2D eigenvalue weighted by molar-refractivity contribution is 5.15. The van der Waals surface area contributed by atoms with Crippen molar-refractivity contribution >= 4 is 0 Å². The lowest BCUT2D eigenvalue weighted by atomic mass is 9.58. The minimum atomic E-state index is 0.111. The lowest BCUT2D eigenvalue weighted by Crippen LogP contribution is -2.55. The Balaban J connectivity index is 2.67. The highest BCUT2D eigenvalue weighted by Crippen LogP contribution is 2.48. The highest BCUT2D eigenvalue weighted by atomic mass is 14.8. The second-order valence-corrected chi connectivity index (χ2v) is 3.60. The molecule has 0 aromatic carbocycles. The molecule has 0 bridgehead atoms. The van der Waals surface area contributed by atoms with Gasteiger partial charge in [0.25, 0.3) is 0 Å². The molecule has 0 radical (unpaired) electrons. The monoisotopic (exact) mass is 140 g/mol. The summed E-state index contributed by atoms with van der Waals surface area (Å²) in [7, 11) is 0. The number of allylic oxidation sites excluding steroid dienone is 1. The van der Waals surface area contributed by atoms with Crippen LogP contribution in [0.15, 0.2) is 12.3 Å². The van der Waals surface area contributed by atoms with Crippen molar-refractivity contribution in [3.05, 3.63) is 12.3 Å². The second kappa shape index (κ2) is 1.99. The first kappa shape index (κ1) is 7.61. The van der Waals surface area contributed by atoms with Gasteiger partial charge in [-0.05, 0) is 12.3 Å². The molecule has 0 heterocycles. The number of rotatable bonds is 1. The summed E-state index contributed by atoms with van der Waals surface area (Å²) in [4.78, 5) is 0. The Bertz CT molecular complexity index is 165. The smallest absolute Gasteiger partial charge is 0.0119 e. The van der Waals surface area contributed by atoms with Crippen LogP contribution in [0.3, 0.4) is 0 Å². The van der Waals surface area contributed by atoms with Gasteiger partial charge in [0.1, 0.15) is 0 Å². The Morgan fingerprint density at radius 2 is 2.20 bits per heavy atom. The van der Waals surface area contributed by atoms with E-state index in [0.29, 0.717) is 12.0 Å². The van der Waals surface area contributed by atoms with E-state index >= 15 is 0 Å². The largest absolute Gasteiger partial charge is 0.402 e. The predicted octanol–water partition coefficient (Wildman–Crippen LogP) is 0.832. The van der Waals surface area contributed by atoms with Crippen LogP contribution in [0.4, 0.5) is 0 Å². The normalized spacial score (nSPS) is 46.3. The van der Waals surface area contributed by atoms with Gasteiger partial charge >= 0.3 is 0 Å². The fraction of sp³-hybridized carbons (Fsp3) is 0.750. The first-order chi connectivity index (χ1) is 4.48. The van der Waals surface area contributed by atoms with Crippen molar-refractivity contribution in [2.45, 2.75) is 26.3 Å². The Labute approximate surface area is 62.3 Å².